The molecule has 5 rings (SSSR count). The maximum atomic E-state index is 13.6. The van der Waals surface area contributed by atoms with E-state index in [2.05, 4.69) is 0 Å². The van der Waals surface area contributed by atoms with Gasteiger partial charge < -0.3 is 9.52 Å². The van der Waals surface area contributed by atoms with E-state index in [0.29, 0.717) is 21.4 Å². The Morgan fingerprint density at radius 1 is 1.09 bits per heavy atom. The summed E-state index contributed by atoms with van der Waals surface area (Å²) in [6.07, 6.45) is 0. The highest BCUT2D eigenvalue weighted by atomic mass is 35.5. The van der Waals surface area contributed by atoms with E-state index < -0.39 is 22.3 Å². The standard InChI is InChI=1S/C24H17Cl2NO4S/c1-11-5-4-6-13(7-11)32-21-20(28)18-16(31-23(21)30)10-17-24(2,3)19-14(26)8-12(25)9-15(19)27(17)22(18)29/h4-10,28H,1-3H3. The molecule has 3 heterocycles. The van der Waals surface area contributed by atoms with Crippen LogP contribution in [-0.2, 0) is 5.41 Å². The zero-order valence-corrected chi connectivity index (χ0v) is 19.7. The Hall–Kier alpha value is -2.67. The molecule has 1 aliphatic rings. The van der Waals surface area contributed by atoms with E-state index >= 15 is 0 Å². The minimum absolute atomic E-state index is 0.0282. The molecule has 0 spiro atoms. The number of rotatable bonds is 2. The minimum Gasteiger partial charge on any atom is -0.505 e. The Labute approximate surface area is 197 Å². The molecular weight excluding hydrogens is 469 g/mol. The highest BCUT2D eigenvalue weighted by molar-refractivity contribution is 7.99. The van der Waals surface area contributed by atoms with E-state index in [1.807, 2.05) is 45.0 Å². The number of nitrogens with zero attached hydrogens (tertiary/aromatic N) is 1. The molecule has 0 aliphatic carbocycles. The predicted octanol–water partition coefficient (Wildman–Crippen LogP) is 6.06. The Kier molecular flexibility index (Phi) is 4.75. The van der Waals surface area contributed by atoms with Crippen molar-refractivity contribution in [2.24, 2.45) is 0 Å². The topological polar surface area (TPSA) is 72.4 Å². The lowest BCUT2D eigenvalue weighted by Gasteiger charge is -2.21. The van der Waals surface area contributed by atoms with Gasteiger partial charge in [0, 0.05) is 37.7 Å². The number of fused-ring (bicyclic) bond motifs is 4. The zero-order valence-electron chi connectivity index (χ0n) is 17.3. The number of aromatic hydroxyl groups is 1. The molecule has 0 fully saturated rings. The van der Waals surface area contributed by atoms with Crippen molar-refractivity contribution < 1.29 is 9.52 Å². The predicted molar refractivity (Wildman–Crippen MR) is 127 cm³/mol. The first-order valence-electron chi connectivity index (χ1n) is 9.80. The van der Waals surface area contributed by atoms with Crippen LogP contribution in [-0.4, -0.2) is 9.67 Å². The molecule has 0 saturated heterocycles. The Morgan fingerprint density at radius 2 is 1.84 bits per heavy atom. The highest BCUT2D eigenvalue weighted by Crippen LogP contribution is 2.47. The van der Waals surface area contributed by atoms with Gasteiger partial charge in [0.15, 0.2) is 5.75 Å². The number of pyridine rings is 1. The van der Waals surface area contributed by atoms with Crippen LogP contribution in [0.15, 0.2) is 66.3 Å². The molecule has 0 bridgehead atoms. The molecule has 0 saturated carbocycles. The van der Waals surface area contributed by atoms with E-state index in [1.54, 1.807) is 18.2 Å². The molecule has 5 nitrogen and oxygen atoms in total. The van der Waals surface area contributed by atoms with Crippen molar-refractivity contribution in [3.8, 4) is 11.4 Å². The van der Waals surface area contributed by atoms with Crippen molar-refractivity contribution in [1.29, 1.82) is 0 Å². The van der Waals surface area contributed by atoms with Crippen molar-refractivity contribution in [3.63, 3.8) is 0 Å². The smallest absolute Gasteiger partial charge is 0.354 e. The van der Waals surface area contributed by atoms with Gasteiger partial charge in [0.2, 0.25) is 0 Å². The summed E-state index contributed by atoms with van der Waals surface area (Å²) in [4.78, 5) is 27.1. The van der Waals surface area contributed by atoms with Crippen molar-refractivity contribution >= 4 is 45.9 Å². The summed E-state index contributed by atoms with van der Waals surface area (Å²) in [5.74, 6) is -0.401. The van der Waals surface area contributed by atoms with Gasteiger partial charge in [0.25, 0.3) is 5.56 Å². The van der Waals surface area contributed by atoms with E-state index in [4.69, 9.17) is 27.6 Å². The molecule has 162 valence electrons. The SMILES string of the molecule is Cc1cccc(Sc2c(O)c3c(=O)n4c(cc3oc2=O)C(C)(C)c2c(Cl)cc(Cl)cc2-4)c1. The van der Waals surface area contributed by atoms with Crippen LogP contribution in [0.4, 0.5) is 0 Å². The van der Waals surface area contributed by atoms with E-state index in [1.165, 1.54) is 4.57 Å². The van der Waals surface area contributed by atoms with Gasteiger partial charge in [-0.25, -0.2) is 4.79 Å². The third kappa shape index (κ3) is 3.01. The number of aryl methyl sites for hydroxylation is 1. The number of aromatic nitrogens is 1. The molecule has 8 heteroatoms. The lowest BCUT2D eigenvalue weighted by atomic mass is 9.83. The van der Waals surface area contributed by atoms with Gasteiger partial charge in [0.1, 0.15) is 15.9 Å². The molecule has 32 heavy (non-hydrogen) atoms. The highest BCUT2D eigenvalue weighted by Gasteiger charge is 2.40. The molecule has 0 atom stereocenters. The maximum absolute atomic E-state index is 13.6. The summed E-state index contributed by atoms with van der Waals surface area (Å²) in [5.41, 5.74) is 1.06. The monoisotopic (exact) mass is 485 g/mol. The van der Waals surface area contributed by atoms with Crippen LogP contribution in [0.25, 0.3) is 16.7 Å². The quantitative estimate of drug-likeness (QED) is 0.373. The largest absolute Gasteiger partial charge is 0.505 e. The van der Waals surface area contributed by atoms with Crippen LogP contribution in [0.3, 0.4) is 0 Å². The second kappa shape index (κ2) is 7.17. The van der Waals surface area contributed by atoms with Crippen LogP contribution < -0.4 is 11.2 Å². The fourth-order valence-corrected chi connectivity index (χ4v) is 5.98. The fourth-order valence-electron chi connectivity index (χ4n) is 4.31. The third-order valence-electron chi connectivity index (χ3n) is 5.76. The summed E-state index contributed by atoms with van der Waals surface area (Å²) in [6.45, 7) is 5.78. The minimum atomic E-state index is -0.708. The van der Waals surface area contributed by atoms with Crippen molar-refractivity contribution in [3.05, 3.63) is 90.1 Å². The molecule has 0 amide bonds. The summed E-state index contributed by atoms with van der Waals surface area (Å²) in [5, 5.41) is 11.8. The van der Waals surface area contributed by atoms with Gasteiger partial charge in [-0.05, 0) is 31.2 Å². The van der Waals surface area contributed by atoms with Gasteiger partial charge in [-0.3, -0.25) is 9.36 Å². The van der Waals surface area contributed by atoms with Gasteiger partial charge in [-0.2, -0.15) is 0 Å². The summed E-state index contributed by atoms with van der Waals surface area (Å²) >= 11 is 13.8. The first kappa shape index (κ1) is 21.2. The second-order valence-electron chi connectivity index (χ2n) is 8.30. The van der Waals surface area contributed by atoms with Crippen LogP contribution in [0.2, 0.25) is 10.0 Å². The third-order valence-corrected chi connectivity index (χ3v) is 7.33. The fraction of sp³-hybridized carbons (Fsp3) is 0.167. The number of hydrogen-bond donors (Lipinski definition) is 1. The Balaban J connectivity index is 1.82. The van der Waals surface area contributed by atoms with E-state index in [9.17, 15) is 14.7 Å². The first-order chi connectivity index (χ1) is 15.1. The maximum Gasteiger partial charge on any atom is 0.354 e. The van der Waals surface area contributed by atoms with Crippen molar-refractivity contribution in [1.82, 2.24) is 4.57 Å². The van der Waals surface area contributed by atoms with Crippen LogP contribution >= 0.6 is 35.0 Å². The van der Waals surface area contributed by atoms with Crippen molar-refractivity contribution in [2.75, 3.05) is 0 Å². The summed E-state index contributed by atoms with van der Waals surface area (Å²) in [7, 11) is 0. The summed E-state index contributed by atoms with van der Waals surface area (Å²) in [6, 6.07) is 12.4. The number of benzene rings is 2. The molecule has 2 aromatic heterocycles. The Bertz CT molecular complexity index is 1570. The first-order valence-corrected chi connectivity index (χ1v) is 11.4. The van der Waals surface area contributed by atoms with Gasteiger partial charge in [-0.15, -0.1) is 0 Å². The molecule has 2 aromatic carbocycles. The molecule has 4 aromatic rings. The molecular formula is C24H17Cl2NO4S. The van der Waals surface area contributed by atoms with Gasteiger partial charge >= 0.3 is 5.63 Å². The number of hydrogen-bond acceptors (Lipinski definition) is 5. The lowest BCUT2D eigenvalue weighted by Crippen LogP contribution is -2.24. The van der Waals surface area contributed by atoms with Crippen molar-refractivity contribution in [2.45, 2.75) is 36.0 Å². The molecule has 1 N–H and O–H groups in total. The lowest BCUT2D eigenvalue weighted by molar-refractivity contribution is 0.445. The van der Waals surface area contributed by atoms with Crippen LogP contribution in [0, 0.1) is 6.92 Å². The van der Waals surface area contributed by atoms with Gasteiger partial charge in [0.05, 0.1) is 5.69 Å². The molecule has 1 aliphatic heterocycles. The molecule has 0 unspecified atom stereocenters. The van der Waals surface area contributed by atoms with Crippen LogP contribution in [0.1, 0.15) is 30.7 Å². The number of halogens is 2. The van der Waals surface area contributed by atoms with Crippen LogP contribution in [0.5, 0.6) is 5.75 Å². The zero-order chi connectivity index (χ0) is 22.9. The van der Waals surface area contributed by atoms with E-state index in [0.717, 1.165) is 27.8 Å². The normalized spacial score (nSPS) is 13.9. The average Bonchev–Trinajstić information content (AvgIpc) is 2.92. The van der Waals surface area contributed by atoms with Gasteiger partial charge in [-0.1, -0.05) is 66.5 Å². The second-order valence-corrected chi connectivity index (χ2v) is 10.2. The van der Waals surface area contributed by atoms with E-state index in [-0.39, 0.29) is 15.9 Å². The molecule has 0 radical (unpaired) electrons. The Morgan fingerprint density at radius 3 is 2.56 bits per heavy atom. The average molecular weight is 486 g/mol. The summed E-state index contributed by atoms with van der Waals surface area (Å²) < 4.78 is 7.00.